The Kier molecular flexibility index (Phi) is 10.4. The van der Waals surface area contributed by atoms with Crippen molar-refractivity contribution in [2.45, 2.75) is 12.8 Å². The summed E-state index contributed by atoms with van der Waals surface area (Å²) in [6.07, 6.45) is 1.61. The van der Waals surface area contributed by atoms with Crippen LogP contribution in [0.4, 0.5) is 5.13 Å². The van der Waals surface area contributed by atoms with Crippen LogP contribution in [-0.4, -0.2) is 74.7 Å². The van der Waals surface area contributed by atoms with Crippen LogP contribution in [0.5, 0.6) is 0 Å². The van der Waals surface area contributed by atoms with Gasteiger partial charge in [-0.2, -0.15) is 0 Å². The molecule has 140 valence electrons. The van der Waals surface area contributed by atoms with Crippen molar-refractivity contribution in [3.63, 3.8) is 0 Å². The van der Waals surface area contributed by atoms with Crippen LogP contribution in [0.15, 0.2) is 11.6 Å². The van der Waals surface area contributed by atoms with Crippen molar-refractivity contribution >= 4 is 34.2 Å². The van der Waals surface area contributed by atoms with Crippen LogP contribution in [-0.2, 0) is 23.9 Å². The van der Waals surface area contributed by atoms with Gasteiger partial charge in [-0.3, -0.25) is 14.4 Å². The first kappa shape index (κ1) is 21.0. The highest BCUT2D eigenvalue weighted by molar-refractivity contribution is 7.13. The van der Waals surface area contributed by atoms with Crippen LogP contribution in [0.3, 0.4) is 0 Å². The number of carbonyl (C=O) groups is 3. The van der Waals surface area contributed by atoms with Gasteiger partial charge in [0.25, 0.3) is 0 Å². The van der Waals surface area contributed by atoms with Gasteiger partial charge in [0.05, 0.1) is 19.8 Å². The number of carbonyl (C=O) groups excluding carboxylic acids is 3. The van der Waals surface area contributed by atoms with Gasteiger partial charge < -0.3 is 25.0 Å². The monoisotopic (exact) mass is 372 g/mol. The number of nitrogens with zero attached hydrogens (tertiary/aromatic N) is 2. The predicted octanol–water partition coefficient (Wildman–Crippen LogP) is 0.0994. The van der Waals surface area contributed by atoms with Crippen LogP contribution >= 0.6 is 11.3 Å². The van der Waals surface area contributed by atoms with Crippen molar-refractivity contribution in [2.75, 3.05) is 52.4 Å². The third-order valence-corrected chi connectivity index (χ3v) is 3.81. The van der Waals surface area contributed by atoms with Crippen molar-refractivity contribution in [1.29, 1.82) is 0 Å². The van der Waals surface area contributed by atoms with E-state index in [0.29, 0.717) is 24.9 Å². The minimum absolute atomic E-state index is 0.00622. The second kappa shape index (κ2) is 12.3. The van der Waals surface area contributed by atoms with Gasteiger partial charge in [0, 0.05) is 51.7 Å². The Morgan fingerprint density at radius 3 is 2.56 bits per heavy atom. The molecule has 0 unspecified atom stereocenters. The van der Waals surface area contributed by atoms with E-state index >= 15 is 0 Å². The van der Waals surface area contributed by atoms with Crippen molar-refractivity contribution in [3.8, 4) is 0 Å². The SMILES string of the molecule is COCCNC(=O)CN(CCOC)C(=O)CCC(=O)Nc1nccs1. The number of rotatable bonds is 12. The fraction of sp³-hybridized carbons (Fsp3) is 0.600. The first-order chi connectivity index (χ1) is 12.1. The molecule has 0 aliphatic rings. The van der Waals surface area contributed by atoms with Crippen molar-refractivity contribution in [3.05, 3.63) is 11.6 Å². The molecule has 0 aromatic carbocycles. The summed E-state index contributed by atoms with van der Waals surface area (Å²) in [7, 11) is 3.06. The molecule has 1 heterocycles. The van der Waals surface area contributed by atoms with E-state index in [-0.39, 0.29) is 43.7 Å². The van der Waals surface area contributed by atoms with Crippen molar-refractivity contribution in [2.24, 2.45) is 0 Å². The molecule has 0 atom stereocenters. The van der Waals surface area contributed by atoms with E-state index in [1.54, 1.807) is 11.6 Å². The standard InChI is InChI=1S/C15H24N4O5S/c1-23-8-5-16-13(21)11-19(7-9-24-2)14(22)4-3-12(20)18-15-17-6-10-25-15/h6,10H,3-5,7-9,11H2,1-2H3,(H,16,21)(H,17,18,20). The van der Waals surface area contributed by atoms with Crippen molar-refractivity contribution < 1.29 is 23.9 Å². The van der Waals surface area contributed by atoms with Gasteiger partial charge in [-0.1, -0.05) is 0 Å². The Labute approximate surface area is 150 Å². The second-order valence-electron chi connectivity index (χ2n) is 5.04. The Hall–Kier alpha value is -2.04. The quantitative estimate of drug-likeness (QED) is 0.504. The molecule has 0 saturated heterocycles. The van der Waals surface area contributed by atoms with Gasteiger partial charge in [0.2, 0.25) is 17.7 Å². The number of hydrogen-bond donors (Lipinski definition) is 2. The zero-order valence-corrected chi connectivity index (χ0v) is 15.3. The lowest BCUT2D eigenvalue weighted by atomic mass is 10.2. The zero-order chi connectivity index (χ0) is 18.5. The molecule has 0 aliphatic carbocycles. The summed E-state index contributed by atoms with van der Waals surface area (Å²) in [6.45, 7) is 1.27. The van der Waals surface area contributed by atoms with Crippen LogP contribution in [0.25, 0.3) is 0 Å². The largest absolute Gasteiger partial charge is 0.383 e. The molecule has 0 radical (unpaired) electrons. The van der Waals surface area contributed by atoms with Gasteiger partial charge in [-0.25, -0.2) is 4.98 Å². The first-order valence-electron chi connectivity index (χ1n) is 7.78. The Bertz CT molecular complexity index is 538. The molecule has 1 aromatic heterocycles. The third-order valence-electron chi connectivity index (χ3n) is 3.13. The third kappa shape index (κ3) is 9.13. The van der Waals surface area contributed by atoms with Crippen LogP contribution in [0.2, 0.25) is 0 Å². The van der Waals surface area contributed by atoms with E-state index in [2.05, 4.69) is 15.6 Å². The summed E-state index contributed by atoms with van der Waals surface area (Å²) < 4.78 is 9.82. The van der Waals surface area contributed by atoms with E-state index in [0.717, 1.165) is 0 Å². The Balaban J connectivity index is 2.43. The lowest BCUT2D eigenvalue weighted by Gasteiger charge is -2.21. The van der Waals surface area contributed by atoms with Crippen LogP contribution < -0.4 is 10.6 Å². The molecule has 0 bridgehead atoms. The summed E-state index contributed by atoms with van der Waals surface area (Å²) in [5, 5.41) is 7.51. The molecule has 1 rings (SSSR count). The number of anilines is 1. The summed E-state index contributed by atoms with van der Waals surface area (Å²) in [5.74, 6) is -0.860. The minimum atomic E-state index is -0.292. The fourth-order valence-electron chi connectivity index (χ4n) is 1.86. The molecule has 25 heavy (non-hydrogen) atoms. The van der Waals surface area contributed by atoms with Gasteiger partial charge in [-0.15, -0.1) is 11.3 Å². The van der Waals surface area contributed by atoms with Crippen molar-refractivity contribution in [1.82, 2.24) is 15.2 Å². The molecule has 1 aromatic rings. The minimum Gasteiger partial charge on any atom is -0.383 e. The number of nitrogens with one attached hydrogen (secondary N) is 2. The maximum absolute atomic E-state index is 12.3. The Morgan fingerprint density at radius 2 is 1.92 bits per heavy atom. The highest BCUT2D eigenvalue weighted by Gasteiger charge is 2.18. The van der Waals surface area contributed by atoms with E-state index in [1.165, 1.54) is 30.5 Å². The number of amides is 3. The highest BCUT2D eigenvalue weighted by atomic mass is 32.1. The van der Waals surface area contributed by atoms with E-state index in [1.807, 2.05) is 0 Å². The number of methoxy groups -OCH3 is 2. The number of aromatic nitrogens is 1. The van der Waals surface area contributed by atoms with Gasteiger partial charge >= 0.3 is 0 Å². The fourth-order valence-corrected chi connectivity index (χ4v) is 2.41. The predicted molar refractivity (Wildman–Crippen MR) is 93.3 cm³/mol. The molecule has 10 heteroatoms. The average Bonchev–Trinajstić information content (AvgIpc) is 3.09. The topological polar surface area (TPSA) is 110 Å². The molecular weight excluding hydrogens is 348 g/mol. The number of ether oxygens (including phenoxy) is 2. The maximum atomic E-state index is 12.3. The lowest BCUT2D eigenvalue weighted by Crippen LogP contribution is -2.43. The lowest BCUT2D eigenvalue weighted by molar-refractivity contribution is -0.137. The molecular formula is C15H24N4O5S. The summed E-state index contributed by atoms with van der Waals surface area (Å²) in [6, 6.07) is 0. The van der Waals surface area contributed by atoms with Gasteiger partial charge in [0.1, 0.15) is 0 Å². The molecule has 2 N–H and O–H groups in total. The zero-order valence-electron chi connectivity index (χ0n) is 14.4. The van der Waals surface area contributed by atoms with Crippen LogP contribution in [0.1, 0.15) is 12.8 Å². The average molecular weight is 372 g/mol. The smallest absolute Gasteiger partial charge is 0.239 e. The normalized spacial score (nSPS) is 10.3. The molecule has 0 aliphatic heterocycles. The second-order valence-corrected chi connectivity index (χ2v) is 5.93. The van der Waals surface area contributed by atoms with Gasteiger partial charge in [0.15, 0.2) is 5.13 Å². The summed E-state index contributed by atoms with van der Waals surface area (Å²) in [5.41, 5.74) is 0. The summed E-state index contributed by atoms with van der Waals surface area (Å²) in [4.78, 5) is 41.3. The molecule has 0 spiro atoms. The van der Waals surface area contributed by atoms with E-state index < -0.39 is 0 Å². The Morgan fingerprint density at radius 1 is 1.16 bits per heavy atom. The first-order valence-corrected chi connectivity index (χ1v) is 8.66. The molecule has 9 nitrogen and oxygen atoms in total. The van der Waals surface area contributed by atoms with Crippen LogP contribution in [0, 0.1) is 0 Å². The molecule has 0 saturated carbocycles. The maximum Gasteiger partial charge on any atom is 0.239 e. The summed E-state index contributed by atoms with van der Waals surface area (Å²) >= 11 is 1.30. The highest BCUT2D eigenvalue weighted by Crippen LogP contribution is 2.11. The van der Waals surface area contributed by atoms with E-state index in [9.17, 15) is 14.4 Å². The molecule has 0 fully saturated rings. The van der Waals surface area contributed by atoms with E-state index in [4.69, 9.17) is 9.47 Å². The molecule has 3 amide bonds. The number of hydrogen-bond acceptors (Lipinski definition) is 7. The number of thiazole rings is 1. The van der Waals surface area contributed by atoms with Gasteiger partial charge in [-0.05, 0) is 0 Å².